The van der Waals surface area contributed by atoms with E-state index >= 15 is 0 Å². The fraction of sp³-hybridized carbons (Fsp3) is 0.412. The van der Waals surface area contributed by atoms with E-state index in [0.717, 1.165) is 121 Å². The van der Waals surface area contributed by atoms with Crippen molar-refractivity contribution in [3.05, 3.63) is 272 Å². The average Bonchev–Trinajstić information content (AvgIpc) is 1.64. The molecule has 672 valence electrons. The van der Waals surface area contributed by atoms with Crippen LogP contribution in [0.25, 0.3) is 0 Å². The average molecular weight is 1740 g/mol. The van der Waals surface area contributed by atoms with E-state index in [1.807, 2.05) is 113 Å². The highest BCUT2D eigenvalue weighted by molar-refractivity contribution is 6.07. The van der Waals surface area contributed by atoms with Crippen LogP contribution in [0.15, 0.2) is 183 Å². The summed E-state index contributed by atoms with van der Waals surface area (Å²) in [5.74, 6) is 1.69. The number of amides is 12. The maximum Gasteiger partial charge on any atom is 0.258 e. The zero-order chi connectivity index (χ0) is 92.3. The predicted molar refractivity (Wildman–Crippen MR) is 488 cm³/mol. The Kier molecular flexibility index (Phi) is 28.3. The first kappa shape index (κ1) is 92.7. The van der Waals surface area contributed by atoms with Gasteiger partial charge in [-0.3, -0.25) is 57.5 Å². The highest BCUT2D eigenvalue weighted by atomic mass is 16.5. The lowest BCUT2D eigenvalue weighted by atomic mass is 9.94. The Morgan fingerprint density at radius 2 is 0.617 bits per heavy atom. The molecule has 6 aromatic carbocycles. The third kappa shape index (κ3) is 20.0. The van der Waals surface area contributed by atoms with E-state index in [2.05, 4.69) is 145 Å². The Hall–Kier alpha value is -13.0. The largest absolute Gasteiger partial charge is 0.491 e. The van der Waals surface area contributed by atoms with Gasteiger partial charge >= 0.3 is 0 Å². The van der Waals surface area contributed by atoms with E-state index in [9.17, 15) is 57.5 Å². The summed E-state index contributed by atoms with van der Waals surface area (Å²) in [6.07, 6.45) is 8.23. The maximum absolute atomic E-state index is 12.8. The molecular weight excluding hydrogens is 1620 g/mol. The number of carbonyl (C=O) groups excluding carboxylic acids is 12. The van der Waals surface area contributed by atoms with Gasteiger partial charge in [-0.05, 0) is 220 Å². The molecule has 12 aliphatic heterocycles. The number of hydrogen-bond donors (Lipinski definition) is 6. The number of nitrogens with one attached hydrogen (secondary N) is 6. The van der Waals surface area contributed by atoms with Crippen molar-refractivity contribution in [2.24, 2.45) is 0 Å². The van der Waals surface area contributed by atoms with Crippen molar-refractivity contribution in [3.8, 4) is 11.5 Å². The molecule has 26 heteroatoms. The first-order chi connectivity index (χ1) is 60.8. The van der Waals surface area contributed by atoms with Gasteiger partial charge < -0.3 is 70.8 Å². The molecule has 26 nitrogen and oxygen atoms in total. The van der Waals surface area contributed by atoms with Crippen molar-refractivity contribution in [2.45, 2.75) is 272 Å². The number of benzene rings is 6. The van der Waals surface area contributed by atoms with Crippen molar-refractivity contribution in [1.29, 1.82) is 0 Å². The topological polar surface area (TPSA) is 315 Å². The van der Waals surface area contributed by atoms with E-state index < -0.39 is 12.1 Å². The molecular formula is C102H120N12O14. The normalized spacial score (nSPS) is 21.5. The Morgan fingerprint density at radius 3 is 1.03 bits per heavy atom. The van der Waals surface area contributed by atoms with Gasteiger partial charge in [0.25, 0.3) is 35.4 Å². The standard InChI is InChI=1S/2C17H20N2O3.4C17H20N2O2/c1-10(2)22-13-6-5-12-9-19(17(21)14(12)8-13)15-7-4-11(3)18-16(15)20;1-10(2)22-14-6-4-5-12-9-19(17(21)15(12)14)13-8-7-11(3)18-16(13)20;1-10(2)12-5-6-14-13(8-12)9-19(17(14)21)15-7-4-11(3)18-16(15)20;1-10(2)12-5-6-13-9-19(17(21)14(13)8-12)15-7-4-11(3)18-16(15)20;1-10(2)12-5-4-6-13-14(12)9-19(17(13)21)15-8-7-11(3)18-16(15)20;1-10(2)13-6-4-5-12-9-19(17(21)15(12)13)14-8-7-11(3)18-16(14)20/h5-6,8,10,15H,3-4,7,9H2,1-2H3,(H,18,20);4-6,10,13H,3,7-9H2,1-2H3,(H,18,20);2*5-6,8,10,15H,3-4,7,9H2,1-2H3,(H,18,20);4-6,10,15H,3,7-9H2,1-2H3,(H,18,20);4-6,10,14H,3,7-9H2,1-2H3,(H,18,20). The zero-order valence-corrected chi connectivity index (χ0v) is 75.7. The third-order valence-corrected chi connectivity index (χ3v) is 25.3. The second-order valence-electron chi connectivity index (χ2n) is 36.6. The molecule has 128 heavy (non-hydrogen) atoms. The van der Waals surface area contributed by atoms with Crippen LogP contribution in [0.1, 0.15) is 302 Å². The molecule has 6 aromatic rings. The molecule has 0 saturated carbocycles. The van der Waals surface area contributed by atoms with E-state index in [1.165, 1.54) is 11.1 Å². The molecule has 12 aliphatic rings. The molecule has 12 amide bonds. The number of piperidine rings is 6. The minimum Gasteiger partial charge on any atom is -0.491 e. The van der Waals surface area contributed by atoms with E-state index in [4.69, 9.17) is 9.47 Å². The molecule has 0 radical (unpaired) electrons. The van der Waals surface area contributed by atoms with Crippen LogP contribution in [0.3, 0.4) is 0 Å². The van der Waals surface area contributed by atoms with Crippen LogP contribution >= 0.6 is 0 Å². The SMILES string of the molecule is C=C1CCC(N2Cc3c(cccc3C(C)C)C2=O)C(=O)N1.C=C1CCC(N2Cc3cc(C(C)C)ccc3C2=O)C(=O)N1.C=C1CCC(N2Cc3ccc(C(C)C)cc3C2=O)C(=O)N1.C=C1CCC(N2Cc3ccc(OC(C)C)cc3C2=O)C(=O)N1.C=C1CCC(N2Cc3cccc(C(C)C)c3C2=O)C(=O)N1.C=C1CCC(N2Cc3cccc(OC(C)C)c3C2=O)C(=O)N1. The quantitative estimate of drug-likeness (QED) is 0.0591. The predicted octanol–water partition coefficient (Wildman–Crippen LogP) is 14.7. The minimum absolute atomic E-state index is 0.00495. The fourth-order valence-corrected chi connectivity index (χ4v) is 18.5. The van der Waals surface area contributed by atoms with Crippen LogP contribution in [0, 0.1) is 0 Å². The van der Waals surface area contributed by atoms with Gasteiger partial charge in [-0.1, -0.05) is 168 Å². The van der Waals surface area contributed by atoms with Crippen LogP contribution in [-0.2, 0) is 68.0 Å². The number of carbonyl (C=O) groups is 12. The first-order valence-electron chi connectivity index (χ1n) is 44.7. The summed E-state index contributed by atoms with van der Waals surface area (Å²) in [5, 5.41) is 16.5. The van der Waals surface area contributed by atoms with Gasteiger partial charge in [0.2, 0.25) is 35.4 Å². The van der Waals surface area contributed by atoms with E-state index in [-0.39, 0.29) is 107 Å². The molecule has 0 aromatic heterocycles. The van der Waals surface area contributed by atoms with Crippen molar-refractivity contribution in [3.63, 3.8) is 0 Å². The molecule has 0 bridgehead atoms. The Balaban J connectivity index is 0.000000131. The van der Waals surface area contributed by atoms with Gasteiger partial charge in [0, 0.05) is 101 Å². The smallest absolute Gasteiger partial charge is 0.258 e. The lowest BCUT2D eigenvalue weighted by molar-refractivity contribution is -0.127. The van der Waals surface area contributed by atoms with Gasteiger partial charge in [-0.2, -0.15) is 0 Å². The van der Waals surface area contributed by atoms with Gasteiger partial charge in [-0.25, -0.2) is 0 Å². The summed E-state index contributed by atoms with van der Waals surface area (Å²) >= 11 is 0. The number of hydrogen-bond acceptors (Lipinski definition) is 14. The Labute approximate surface area is 750 Å². The molecule has 6 saturated heterocycles. The molecule has 6 atom stereocenters. The van der Waals surface area contributed by atoms with Gasteiger partial charge in [0.1, 0.15) is 47.8 Å². The van der Waals surface area contributed by atoms with Crippen LogP contribution in [-0.4, -0.2) is 149 Å². The van der Waals surface area contributed by atoms with Crippen molar-refractivity contribution < 1.29 is 67.0 Å². The highest BCUT2D eigenvalue weighted by Crippen LogP contribution is 2.40. The summed E-state index contributed by atoms with van der Waals surface area (Å²) in [7, 11) is 0. The summed E-state index contributed by atoms with van der Waals surface area (Å²) in [4.78, 5) is 159. The number of rotatable bonds is 14. The number of nitrogens with zero attached hydrogens (tertiary/aromatic N) is 6. The van der Waals surface area contributed by atoms with Crippen LogP contribution in [0.2, 0.25) is 0 Å². The lowest BCUT2D eigenvalue weighted by Gasteiger charge is -2.31. The summed E-state index contributed by atoms with van der Waals surface area (Å²) in [6, 6.07) is 32.7. The Morgan fingerprint density at radius 1 is 0.289 bits per heavy atom. The fourth-order valence-electron chi connectivity index (χ4n) is 18.5. The zero-order valence-electron chi connectivity index (χ0n) is 75.7. The van der Waals surface area contributed by atoms with E-state index in [1.54, 1.807) is 35.5 Å². The summed E-state index contributed by atoms with van der Waals surface area (Å²) < 4.78 is 11.4. The van der Waals surface area contributed by atoms with Crippen LogP contribution < -0.4 is 41.4 Å². The molecule has 0 spiro atoms. The summed E-state index contributed by atoms with van der Waals surface area (Å²) in [6.45, 7) is 50.4. The molecule has 0 aliphatic carbocycles. The van der Waals surface area contributed by atoms with Gasteiger partial charge in [0.05, 0.1) is 17.8 Å². The minimum atomic E-state index is -0.433. The summed E-state index contributed by atoms with van der Waals surface area (Å²) in [5.41, 5.74) is 19.3. The van der Waals surface area contributed by atoms with E-state index in [0.29, 0.717) is 143 Å². The van der Waals surface area contributed by atoms with Gasteiger partial charge in [-0.15, -0.1) is 0 Å². The molecule has 18 rings (SSSR count). The van der Waals surface area contributed by atoms with Crippen molar-refractivity contribution in [1.82, 2.24) is 61.3 Å². The van der Waals surface area contributed by atoms with Crippen LogP contribution in [0.5, 0.6) is 11.5 Å². The van der Waals surface area contributed by atoms with Crippen molar-refractivity contribution >= 4 is 70.9 Å². The number of ether oxygens (including phenoxy) is 2. The molecule has 6 unspecified atom stereocenters. The Bertz CT molecular complexity index is 5500. The monoisotopic (exact) mass is 1740 g/mol. The molecule has 12 heterocycles. The second kappa shape index (κ2) is 39.1. The maximum atomic E-state index is 12.8. The second-order valence-corrected chi connectivity index (χ2v) is 36.6. The van der Waals surface area contributed by atoms with Crippen LogP contribution in [0.4, 0.5) is 0 Å². The highest BCUT2D eigenvalue weighted by Gasteiger charge is 2.46. The molecule has 6 N–H and O–H groups in total. The lowest BCUT2D eigenvalue weighted by Crippen LogP contribution is -2.49. The number of allylic oxidation sites excluding steroid dienone is 6. The first-order valence-corrected chi connectivity index (χ1v) is 44.7. The third-order valence-electron chi connectivity index (χ3n) is 25.3. The number of fused-ring (bicyclic) bond motifs is 6. The molecule has 6 fully saturated rings. The van der Waals surface area contributed by atoms with Gasteiger partial charge in [0.15, 0.2) is 0 Å². The van der Waals surface area contributed by atoms with Crippen molar-refractivity contribution in [2.75, 3.05) is 0 Å².